The lowest BCUT2D eigenvalue weighted by atomic mass is 10.1. The lowest BCUT2D eigenvalue weighted by Gasteiger charge is -2.06. The summed E-state index contributed by atoms with van der Waals surface area (Å²) in [6.45, 7) is 1.79. The van der Waals surface area contributed by atoms with Crippen molar-refractivity contribution < 1.29 is 14.3 Å². The molecule has 0 aliphatic rings. The number of carbonyl (C=O) groups excluding carboxylic acids is 1. The van der Waals surface area contributed by atoms with E-state index >= 15 is 0 Å². The number of nitrogens with one attached hydrogen (secondary N) is 1. The van der Waals surface area contributed by atoms with Gasteiger partial charge in [-0.15, -0.1) is 0 Å². The fourth-order valence-corrected chi connectivity index (χ4v) is 1.79. The van der Waals surface area contributed by atoms with E-state index in [0.717, 1.165) is 23.1 Å². The summed E-state index contributed by atoms with van der Waals surface area (Å²) in [5.41, 5.74) is 1.13. The maximum Gasteiger partial charge on any atom is 0.220 e. The van der Waals surface area contributed by atoms with E-state index in [1.165, 1.54) is 0 Å². The normalized spacial score (nSPS) is 10.2. The van der Waals surface area contributed by atoms with Crippen LogP contribution < -0.4 is 10.1 Å². The minimum atomic E-state index is 0.0539. The second-order valence-corrected chi connectivity index (χ2v) is 4.79. The van der Waals surface area contributed by atoms with Crippen molar-refractivity contribution in [2.75, 3.05) is 32.2 Å². The van der Waals surface area contributed by atoms with Crippen molar-refractivity contribution >= 4 is 21.8 Å². The number of carbonyl (C=O) groups is 1. The summed E-state index contributed by atoms with van der Waals surface area (Å²) in [4.78, 5) is 11.6. The van der Waals surface area contributed by atoms with Gasteiger partial charge in [-0.2, -0.15) is 0 Å². The molecule has 0 heterocycles. The van der Waals surface area contributed by atoms with Crippen LogP contribution in [0.5, 0.6) is 5.75 Å². The molecule has 0 saturated carbocycles. The number of alkyl halides is 1. The lowest BCUT2D eigenvalue weighted by molar-refractivity contribution is -0.121. The highest BCUT2D eigenvalue weighted by Gasteiger charge is 2.02. The van der Waals surface area contributed by atoms with E-state index in [4.69, 9.17) is 9.47 Å². The van der Waals surface area contributed by atoms with Gasteiger partial charge in [-0.05, 0) is 24.1 Å². The van der Waals surface area contributed by atoms with Gasteiger partial charge < -0.3 is 14.8 Å². The molecule has 1 aromatic rings. The number of hydrogen-bond donors (Lipinski definition) is 1. The van der Waals surface area contributed by atoms with Gasteiger partial charge in [-0.25, -0.2) is 0 Å². The molecule has 19 heavy (non-hydrogen) atoms. The van der Waals surface area contributed by atoms with E-state index < -0.39 is 0 Å². The van der Waals surface area contributed by atoms with E-state index in [-0.39, 0.29) is 5.91 Å². The highest BCUT2D eigenvalue weighted by Crippen LogP contribution is 2.12. The fraction of sp³-hybridized carbons (Fsp3) is 0.500. The minimum absolute atomic E-state index is 0.0539. The van der Waals surface area contributed by atoms with E-state index in [1.807, 2.05) is 24.3 Å². The Labute approximate surface area is 122 Å². The zero-order chi connectivity index (χ0) is 13.9. The van der Waals surface area contributed by atoms with Crippen LogP contribution in [0.1, 0.15) is 12.0 Å². The summed E-state index contributed by atoms with van der Waals surface area (Å²) in [6.07, 6.45) is 1.23. The predicted octanol–water partition coefficient (Wildman–Crippen LogP) is 2.16. The van der Waals surface area contributed by atoms with Crippen LogP contribution in [-0.4, -0.2) is 38.1 Å². The van der Waals surface area contributed by atoms with Crippen molar-refractivity contribution in [3.05, 3.63) is 29.8 Å². The van der Waals surface area contributed by atoms with Crippen LogP contribution in [0, 0.1) is 0 Å². The van der Waals surface area contributed by atoms with E-state index in [1.54, 1.807) is 7.11 Å². The Morgan fingerprint density at radius 1 is 1.26 bits per heavy atom. The molecule has 4 nitrogen and oxygen atoms in total. The second-order valence-electron chi connectivity index (χ2n) is 4.00. The van der Waals surface area contributed by atoms with Crippen molar-refractivity contribution in [3.8, 4) is 5.75 Å². The third-order valence-electron chi connectivity index (χ3n) is 2.59. The first-order valence-corrected chi connectivity index (χ1v) is 7.41. The molecule has 0 spiro atoms. The highest BCUT2D eigenvalue weighted by atomic mass is 79.9. The number of rotatable bonds is 9. The Balaban J connectivity index is 2.15. The number of ether oxygens (including phenoxy) is 2. The Morgan fingerprint density at radius 2 is 2.00 bits per heavy atom. The van der Waals surface area contributed by atoms with Crippen molar-refractivity contribution in [2.45, 2.75) is 12.8 Å². The number of benzene rings is 1. The van der Waals surface area contributed by atoms with Gasteiger partial charge in [-0.3, -0.25) is 4.79 Å². The molecule has 1 aromatic carbocycles. The molecule has 106 valence electrons. The van der Waals surface area contributed by atoms with Gasteiger partial charge in [0.1, 0.15) is 5.75 Å². The fourth-order valence-electron chi connectivity index (χ4n) is 1.56. The molecule has 1 amide bonds. The number of amides is 1. The van der Waals surface area contributed by atoms with E-state index in [0.29, 0.717) is 26.2 Å². The number of halogens is 1. The molecule has 0 saturated heterocycles. The van der Waals surface area contributed by atoms with Crippen LogP contribution in [0.15, 0.2) is 24.3 Å². The van der Waals surface area contributed by atoms with Gasteiger partial charge in [0, 0.05) is 18.3 Å². The Hall–Kier alpha value is -1.07. The molecule has 0 atom stereocenters. The monoisotopic (exact) mass is 329 g/mol. The molecule has 5 heteroatoms. The molecular formula is C14H20BrNO3. The minimum Gasteiger partial charge on any atom is -0.497 e. The predicted molar refractivity (Wildman–Crippen MR) is 78.9 cm³/mol. The van der Waals surface area contributed by atoms with Gasteiger partial charge in [0.15, 0.2) is 0 Å². The van der Waals surface area contributed by atoms with Crippen molar-refractivity contribution in [3.63, 3.8) is 0 Å². The Morgan fingerprint density at radius 3 is 2.63 bits per heavy atom. The SMILES string of the molecule is COc1ccc(CCC(=O)NCCOCCBr)cc1. The first-order chi connectivity index (χ1) is 9.26. The Bertz CT molecular complexity index is 367. The van der Waals surface area contributed by atoms with Crippen LogP contribution in [0.4, 0.5) is 0 Å². The van der Waals surface area contributed by atoms with Crippen LogP contribution in [-0.2, 0) is 16.0 Å². The van der Waals surface area contributed by atoms with Gasteiger partial charge in [-0.1, -0.05) is 28.1 Å². The largest absolute Gasteiger partial charge is 0.497 e. The third-order valence-corrected chi connectivity index (χ3v) is 2.91. The topological polar surface area (TPSA) is 47.6 Å². The smallest absolute Gasteiger partial charge is 0.220 e. The number of aryl methyl sites for hydroxylation is 1. The van der Waals surface area contributed by atoms with Crippen LogP contribution >= 0.6 is 15.9 Å². The maximum absolute atomic E-state index is 11.6. The molecule has 0 unspecified atom stereocenters. The summed E-state index contributed by atoms with van der Waals surface area (Å²) in [7, 11) is 1.64. The number of methoxy groups -OCH3 is 1. The third kappa shape index (κ3) is 7.18. The van der Waals surface area contributed by atoms with E-state index in [2.05, 4.69) is 21.2 Å². The number of hydrogen-bond acceptors (Lipinski definition) is 3. The average molecular weight is 330 g/mol. The van der Waals surface area contributed by atoms with Gasteiger partial charge in [0.25, 0.3) is 0 Å². The standard InChI is InChI=1S/C14H20BrNO3/c1-18-13-5-2-12(3-6-13)4-7-14(17)16-9-11-19-10-8-15/h2-3,5-6H,4,7-11H2,1H3,(H,16,17). The molecular weight excluding hydrogens is 310 g/mol. The quantitative estimate of drug-likeness (QED) is 0.558. The molecule has 0 fully saturated rings. The van der Waals surface area contributed by atoms with Crippen LogP contribution in [0.25, 0.3) is 0 Å². The van der Waals surface area contributed by atoms with Gasteiger partial charge in [0.2, 0.25) is 5.91 Å². The molecule has 1 rings (SSSR count). The summed E-state index contributed by atoms with van der Waals surface area (Å²) >= 11 is 3.27. The summed E-state index contributed by atoms with van der Waals surface area (Å²) in [5.74, 6) is 0.885. The van der Waals surface area contributed by atoms with E-state index in [9.17, 15) is 4.79 Å². The van der Waals surface area contributed by atoms with Crippen molar-refractivity contribution in [1.82, 2.24) is 5.32 Å². The second kappa shape index (κ2) is 9.81. The van der Waals surface area contributed by atoms with Gasteiger partial charge >= 0.3 is 0 Å². The van der Waals surface area contributed by atoms with Crippen molar-refractivity contribution in [1.29, 1.82) is 0 Å². The summed E-state index contributed by atoms with van der Waals surface area (Å²) in [6, 6.07) is 7.76. The Kier molecular flexibility index (Phi) is 8.25. The average Bonchev–Trinajstić information content (AvgIpc) is 2.45. The summed E-state index contributed by atoms with van der Waals surface area (Å²) < 4.78 is 10.3. The molecule has 1 N–H and O–H groups in total. The first kappa shape index (κ1) is 16.0. The molecule has 0 radical (unpaired) electrons. The zero-order valence-corrected chi connectivity index (χ0v) is 12.7. The van der Waals surface area contributed by atoms with Crippen LogP contribution in [0.3, 0.4) is 0 Å². The van der Waals surface area contributed by atoms with Crippen molar-refractivity contribution in [2.24, 2.45) is 0 Å². The molecule has 0 aliphatic heterocycles. The highest BCUT2D eigenvalue weighted by molar-refractivity contribution is 9.09. The maximum atomic E-state index is 11.6. The van der Waals surface area contributed by atoms with Crippen LogP contribution in [0.2, 0.25) is 0 Å². The summed E-state index contributed by atoms with van der Waals surface area (Å²) in [5, 5.41) is 3.65. The zero-order valence-electron chi connectivity index (χ0n) is 11.2. The van der Waals surface area contributed by atoms with Gasteiger partial charge in [0.05, 0.1) is 20.3 Å². The molecule has 0 aliphatic carbocycles. The molecule has 0 bridgehead atoms. The molecule has 0 aromatic heterocycles. The first-order valence-electron chi connectivity index (χ1n) is 6.29. The lowest BCUT2D eigenvalue weighted by Crippen LogP contribution is -2.27.